The minimum absolute atomic E-state index is 0.0109. The summed E-state index contributed by atoms with van der Waals surface area (Å²) in [4.78, 5) is 33.2. The molecular weight excluding hydrogens is 490 g/mol. The van der Waals surface area contributed by atoms with Crippen molar-refractivity contribution < 1.29 is 9.85 Å². The van der Waals surface area contributed by atoms with E-state index in [9.17, 15) is 20.2 Å². The molecule has 14 heteroatoms. The average Bonchev–Trinajstić information content (AvgIpc) is 2.79. The van der Waals surface area contributed by atoms with Crippen LogP contribution in [0.1, 0.15) is 58.6 Å². The van der Waals surface area contributed by atoms with Crippen LogP contribution in [-0.4, -0.2) is 42.9 Å². The molecular formula is C22H32ClN9O4. The van der Waals surface area contributed by atoms with Crippen molar-refractivity contribution in [3.8, 4) is 6.07 Å². The fourth-order valence-corrected chi connectivity index (χ4v) is 3.20. The van der Waals surface area contributed by atoms with E-state index in [1.807, 2.05) is 20.8 Å². The van der Waals surface area contributed by atoms with Gasteiger partial charge in [0.2, 0.25) is 17.2 Å². The molecule has 0 saturated carbocycles. The molecule has 0 fully saturated rings. The molecule has 0 saturated heterocycles. The molecule has 1 heterocycles. The van der Waals surface area contributed by atoms with Crippen LogP contribution in [0, 0.1) is 45.4 Å². The maximum absolute atomic E-state index is 11.3. The van der Waals surface area contributed by atoms with Gasteiger partial charge in [-0.25, -0.2) is 0 Å². The van der Waals surface area contributed by atoms with Gasteiger partial charge in [0, 0.05) is 24.2 Å². The molecule has 0 aliphatic rings. The molecule has 0 aliphatic heterocycles. The van der Waals surface area contributed by atoms with Gasteiger partial charge in [-0.05, 0) is 64.6 Å². The largest absolute Gasteiger partial charge is 0.371 e. The topological polar surface area (TPSA) is 185 Å². The Morgan fingerprint density at radius 2 is 1.67 bits per heavy atom. The number of aryl methyl sites for hydroxylation is 1. The lowest BCUT2D eigenvalue weighted by atomic mass is 10.0. The van der Waals surface area contributed by atoms with Crippen LogP contribution in [0.15, 0.2) is 6.07 Å². The highest BCUT2D eigenvalue weighted by molar-refractivity contribution is 6.28. The monoisotopic (exact) mass is 521 g/mol. The molecule has 0 radical (unpaired) electrons. The predicted molar refractivity (Wildman–Crippen MR) is 140 cm³/mol. The minimum Gasteiger partial charge on any atom is -0.371 e. The van der Waals surface area contributed by atoms with E-state index in [-0.39, 0.29) is 34.3 Å². The Morgan fingerprint density at radius 3 is 2.14 bits per heavy atom. The normalized spacial score (nSPS) is 10.7. The lowest BCUT2D eigenvalue weighted by Gasteiger charge is -2.17. The summed E-state index contributed by atoms with van der Waals surface area (Å²) in [7, 11) is 0. The predicted octanol–water partition coefficient (Wildman–Crippen LogP) is 5.39. The summed E-state index contributed by atoms with van der Waals surface area (Å²) in [6, 6.07) is 3.43. The summed E-state index contributed by atoms with van der Waals surface area (Å²) in [6.07, 6.45) is 1.47. The first-order chi connectivity index (χ1) is 16.8. The van der Waals surface area contributed by atoms with Crippen LogP contribution < -0.4 is 16.0 Å². The molecule has 0 atom stereocenters. The molecule has 196 valence electrons. The van der Waals surface area contributed by atoms with Crippen molar-refractivity contribution in [3.63, 3.8) is 0 Å². The van der Waals surface area contributed by atoms with Gasteiger partial charge in [-0.15, -0.1) is 0 Å². The summed E-state index contributed by atoms with van der Waals surface area (Å²) < 4.78 is 0. The second-order valence-corrected chi connectivity index (χ2v) is 8.72. The van der Waals surface area contributed by atoms with Gasteiger partial charge >= 0.3 is 5.69 Å². The Hall–Kier alpha value is -3.79. The van der Waals surface area contributed by atoms with Crippen molar-refractivity contribution in [1.29, 1.82) is 5.26 Å². The third-order valence-corrected chi connectivity index (χ3v) is 5.32. The van der Waals surface area contributed by atoms with Crippen LogP contribution in [0.25, 0.3) is 0 Å². The zero-order valence-corrected chi connectivity index (χ0v) is 22.2. The van der Waals surface area contributed by atoms with Crippen LogP contribution in [-0.2, 0) is 0 Å². The third kappa shape index (κ3) is 8.46. The minimum atomic E-state index is -0.756. The van der Waals surface area contributed by atoms with E-state index in [2.05, 4.69) is 37.0 Å². The van der Waals surface area contributed by atoms with Crippen LogP contribution in [0.4, 0.5) is 29.0 Å². The molecule has 0 unspecified atom stereocenters. The lowest BCUT2D eigenvalue weighted by molar-refractivity contribution is -0.392. The summed E-state index contributed by atoms with van der Waals surface area (Å²) >= 11 is 5.73. The Bertz CT molecular complexity index is 1130. The number of hydrogen-bond donors (Lipinski definition) is 3. The number of nitro benzene ring substituents is 2. The van der Waals surface area contributed by atoms with Crippen molar-refractivity contribution >= 4 is 40.6 Å². The van der Waals surface area contributed by atoms with Gasteiger partial charge in [0.15, 0.2) is 5.69 Å². The number of aromatic nitrogens is 3. The fourth-order valence-electron chi connectivity index (χ4n) is 3.04. The molecule has 1 aromatic heterocycles. The van der Waals surface area contributed by atoms with Crippen molar-refractivity contribution in [3.05, 3.63) is 42.7 Å². The van der Waals surface area contributed by atoms with E-state index >= 15 is 0 Å². The molecule has 2 rings (SSSR count). The quantitative estimate of drug-likeness (QED) is 0.268. The van der Waals surface area contributed by atoms with E-state index in [1.54, 1.807) is 27.7 Å². The molecule has 0 spiro atoms. The number of nitrogens with zero attached hydrogens (tertiary/aromatic N) is 6. The first-order valence-electron chi connectivity index (χ1n) is 11.3. The average molecular weight is 522 g/mol. The third-order valence-electron chi connectivity index (χ3n) is 5.15. The molecule has 13 nitrogen and oxygen atoms in total. The van der Waals surface area contributed by atoms with Crippen LogP contribution in [0.3, 0.4) is 0 Å². The number of nitro groups is 2. The van der Waals surface area contributed by atoms with E-state index in [0.29, 0.717) is 23.6 Å². The lowest BCUT2D eigenvalue weighted by Crippen LogP contribution is -2.29. The maximum atomic E-state index is 11.3. The van der Waals surface area contributed by atoms with Gasteiger partial charge in [0.1, 0.15) is 5.54 Å². The maximum Gasteiger partial charge on any atom is 0.302 e. The van der Waals surface area contributed by atoms with Gasteiger partial charge in [0.25, 0.3) is 5.69 Å². The second-order valence-electron chi connectivity index (χ2n) is 8.38. The van der Waals surface area contributed by atoms with Crippen molar-refractivity contribution in [2.75, 3.05) is 22.5 Å². The zero-order valence-electron chi connectivity index (χ0n) is 21.5. The fraction of sp³-hybridized carbons (Fsp3) is 0.545. The van der Waals surface area contributed by atoms with Crippen LogP contribution in [0.5, 0.6) is 0 Å². The van der Waals surface area contributed by atoms with Crippen molar-refractivity contribution in [2.45, 2.75) is 72.9 Å². The SMILES string of the molecule is CCC(CC)Nc1c([N+](=O)[O-])cc(C)c(C)c1[N+](=O)[O-].CCNc1nc(Cl)nc(NC(C)(C)C#N)n1. The number of anilines is 3. The van der Waals surface area contributed by atoms with E-state index in [4.69, 9.17) is 16.9 Å². The number of nitrogens with one attached hydrogen (secondary N) is 3. The molecule has 0 bridgehead atoms. The van der Waals surface area contributed by atoms with Crippen LogP contribution in [0.2, 0.25) is 5.28 Å². The standard InChI is InChI=1S/C13H19N3O4.C9H13ClN6/c1-5-10(6-2)14-12-11(15(17)18)7-8(3)9(4)13(12)16(19)20;1-4-12-7-13-6(10)14-8(15-7)16-9(2,3)5-11/h7,10,14H,5-6H2,1-4H3;4H2,1-3H3,(H2,12,13,14,15,16). The zero-order chi connectivity index (χ0) is 27.6. The Labute approximate surface area is 215 Å². The Balaban J connectivity index is 0.000000369. The van der Waals surface area contributed by atoms with E-state index < -0.39 is 15.4 Å². The molecule has 0 aliphatic carbocycles. The smallest absolute Gasteiger partial charge is 0.302 e. The number of rotatable bonds is 10. The summed E-state index contributed by atoms with van der Waals surface area (Å²) in [5, 5.41) is 40.1. The van der Waals surface area contributed by atoms with Gasteiger partial charge in [0.05, 0.1) is 15.9 Å². The van der Waals surface area contributed by atoms with E-state index in [1.165, 1.54) is 6.07 Å². The highest BCUT2D eigenvalue weighted by atomic mass is 35.5. The van der Waals surface area contributed by atoms with Gasteiger partial charge in [-0.2, -0.15) is 20.2 Å². The van der Waals surface area contributed by atoms with Gasteiger partial charge in [-0.1, -0.05) is 13.8 Å². The number of hydrogen-bond acceptors (Lipinski definition) is 11. The molecule has 1 aromatic carbocycles. The molecule has 2 aromatic rings. The molecule has 3 N–H and O–H groups in total. The van der Waals surface area contributed by atoms with Crippen molar-refractivity contribution in [1.82, 2.24) is 15.0 Å². The van der Waals surface area contributed by atoms with Gasteiger partial charge < -0.3 is 16.0 Å². The van der Waals surface area contributed by atoms with E-state index in [0.717, 1.165) is 12.8 Å². The van der Waals surface area contributed by atoms with Crippen molar-refractivity contribution in [2.24, 2.45) is 0 Å². The highest BCUT2D eigenvalue weighted by Gasteiger charge is 2.30. The summed E-state index contributed by atoms with van der Waals surface area (Å²) in [5.41, 5.74) is -0.201. The number of nitriles is 1. The van der Waals surface area contributed by atoms with Crippen LogP contribution >= 0.6 is 11.6 Å². The van der Waals surface area contributed by atoms with Gasteiger partial charge in [-0.3, -0.25) is 20.2 Å². The summed E-state index contributed by atoms with van der Waals surface area (Å²) in [6.45, 7) is 13.1. The first-order valence-corrected chi connectivity index (χ1v) is 11.7. The Kier molecular flexibility index (Phi) is 11.2. The first kappa shape index (κ1) is 30.2. The molecule has 36 heavy (non-hydrogen) atoms. The Morgan fingerprint density at radius 1 is 1.08 bits per heavy atom. The number of benzene rings is 1. The number of halogens is 1. The second kappa shape index (κ2) is 13.3. The molecule has 0 amide bonds. The highest BCUT2D eigenvalue weighted by Crippen LogP contribution is 2.39. The summed E-state index contributed by atoms with van der Waals surface area (Å²) in [5.74, 6) is 0.668.